The number of nitrogens with two attached hydrogens (primary N) is 1. The molecule has 112 valence electrons. The van der Waals surface area contributed by atoms with E-state index in [0.29, 0.717) is 18.7 Å². The van der Waals surface area contributed by atoms with Gasteiger partial charge in [0.1, 0.15) is 11.6 Å². The van der Waals surface area contributed by atoms with Gasteiger partial charge in [-0.25, -0.2) is 4.68 Å². The van der Waals surface area contributed by atoms with Gasteiger partial charge in [0.2, 0.25) is 0 Å². The van der Waals surface area contributed by atoms with Gasteiger partial charge in [0, 0.05) is 24.1 Å². The molecule has 1 aromatic rings. The fourth-order valence-electron chi connectivity index (χ4n) is 1.96. The van der Waals surface area contributed by atoms with Crippen molar-refractivity contribution in [3.05, 3.63) is 30.0 Å². The smallest absolute Gasteiger partial charge is 0.145 e. The van der Waals surface area contributed by atoms with Crippen LogP contribution in [0.5, 0.6) is 0 Å². The molecule has 1 heterocycles. The van der Waals surface area contributed by atoms with E-state index >= 15 is 0 Å². The molecule has 1 rings (SSSR count). The summed E-state index contributed by atoms with van der Waals surface area (Å²) in [5.74, 6) is 3.27. The molecule has 0 aromatic carbocycles. The number of nitrogen functional groups attached to an aromatic ring is 1. The predicted molar refractivity (Wildman–Crippen MR) is 87.2 cm³/mol. The monoisotopic (exact) mass is 285 g/mol. The minimum Gasteiger partial charge on any atom is -0.382 e. The van der Waals surface area contributed by atoms with Crippen molar-refractivity contribution in [1.82, 2.24) is 9.78 Å². The molecular formula is C17H23N3O. The van der Waals surface area contributed by atoms with E-state index < -0.39 is 5.41 Å². The van der Waals surface area contributed by atoms with Crippen molar-refractivity contribution in [1.29, 1.82) is 0 Å². The zero-order valence-corrected chi connectivity index (χ0v) is 13.2. The van der Waals surface area contributed by atoms with Crippen LogP contribution >= 0.6 is 0 Å². The minimum atomic E-state index is -0.426. The number of rotatable bonds is 6. The summed E-state index contributed by atoms with van der Waals surface area (Å²) in [5.41, 5.74) is 7.13. The van der Waals surface area contributed by atoms with Gasteiger partial charge in [-0.3, -0.25) is 4.79 Å². The maximum Gasteiger partial charge on any atom is 0.145 e. The second-order valence-corrected chi connectivity index (χ2v) is 5.70. The Morgan fingerprint density at radius 2 is 2.24 bits per heavy atom. The van der Waals surface area contributed by atoms with E-state index in [1.54, 1.807) is 23.9 Å². The fraction of sp³-hybridized carbons (Fsp3) is 0.412. The normalized spacial score (nSPS) is 13.1. The van der Waals surface area contributed by atoms with E-state index in [1.807, 2.05) is 32.9 Å². The van der Waals surface area contributed by atoms with Crippen molar-refractivity contribution in [3.8, 4) is 12.3 Å². The number of terminal acetylenes is 1. The molecule has 0 aliphatic carbocycles. The highest BCUT2D eigenvalue weighted by Gasteiger charge is 2.24. The third-order valence-corrected chi connectivity index (χ3v) is 3.47. The summed E-state index contributed by atoms with van der Waals surface area (Å²) in [4.78, 5) is 11.7. The van der Waals surface area contributed by atoms with Gasteiger partial charge in [-0.1, -0.05) is 25.5 Å². The van der Waals surface area contributed by atoms with Crippen LogP contribution in [0.1, 0.15) is 40.5 Å². The Morgan fingerprint density at radius 1 is 1.57 bits per heavy atom. The number of hydrogen-bond donors (Lipinski definition) is 1. The third kappa shape index (κ3) is 4.64. The first kappa shape index (κ1) is 16.8. The van der Waals surface area contributed by atoms with Crippen LogP contribution in [-0.4, -0.2) is 15.6 Å². The molecule has 0 radical (unpaired) electrons. The molecule has 0 bridgehead atoms. The average molecular weight is 285 g/mol. The van der Waals surface area contributed by atoms with Crippen molar-refractivity contribution in [2.24, 2.45) is 5.41 Å². The van der Waals surface area contributed by atoms with Crippen LogP contribution in [0.15, 0.2) is 30.0 Å². The molecular weight excluding hydrogens is 262 g/mol. The minimum absolute atomic E-state index is 0.149. The maximum atomic E-state index is 11.7. The van der Waals surface area contributed by atoms with Crippen LogP contribution in [0.2, 0.25) is 0 Å². The molecule has 1 aromatic heterocycles. The van der Waals surface area contributed by atoms with Gasteiger partial charge in [0.25, 0.3) is 0 Å². The summed E-state index contributed by atoms with van der Waals surface area (Å²) in [6.45, 7) is 7.40. The van der Waals surface area contributed by atoms with E-state index in [9.17, 15) is 4.79 Å². The largest absolute Gasteiger partial charge is 0.382 e. The molecule has 0 aliphatic heterocycles. The second kappa shape index (κ2) is 6.94. The molecule has 0 aliphatic rings. The van der Waals surface area contributed by atoms with Crippen LogP contribution in [-0.2, 0) is 4.79 Å². The van der Waals surface area contributed by atoms with E-state index in [2.05, 4.69) is 11.0 Å². The summed E-state index contributed by atoms with van der Waals surface area (Å²) in [6, 6.07) is 1.73. The van der Waals surface area contributed by atoms with Gasteiger partial charge in [-0.15, -0.1) is 12.3 Å². The highest BCUT2D eigenvalue weighted by Crippen LogP contribution is 2.29. The number of aromatic nitrogens is 2. The maximum absolute atomic E-state index is 11.7. The van der Waals surface area contributed by atoms with E-state index in [0.717, 1.165) is 11.3 Å². The Balaban J connectivity index is 3.09. The van der Waals surface area contributed by atoms with Crippen molar-refractivity contribution in [3.63, 3.8) is 0 Å². The number of ketones is 1. The molecule has 0 atom stereocenters. The first-order valence-corrected chi connectivity index (χ1v) is 6.92. The lowest BCUT2D eigenvalue weighted by molar-refractivity contribution is -0.124. The lowest BCUT2D eigenvalue weighted by Crippen LogP contribution is -2.22. The molecule has 0 saturated heterocycles. The molecule has 4 nitrogen and oxygen atoms in total. The number of anilines is 1. The molecule has 21 heavy (non-hydrogen) atoms. The number of hydrogen-bond acceptors (Lipinski definition) is 3. The van der Waals surface area contributed by atoms with Gasteiger partial charge in [0.15, 0.2) is 0 Å². The van der Waals surface area contributed by atoms with Crippen LogP contribution in [0, 0.1) is 17.8 Å². The SMILES string of the molecule is C#CC/C(=C\C(=C/C)n1ccc(N)n1)CC(C)(C)C(C)=O. The lowest BCUT2D eigenvalue weighted by Gasteiger charge is -2.22. The molecule has 0 saturated carbocycles. The second-order valence-electron chi connectivity index (χ2n) is 5.70. The van der Waals surface area contributed by atoms with Crippen molar-refractivity contribution in [2.45, 2.75) is 40.5 Å². The van der Waals surface area contributed by atoms with E-state index in [1.165, 1.54) is 0 Å². The quantitative estimate of drug-likeness (QED) is 0.644. The highest BCUT2D eigenvalue weighted by molar-refractivity contribution is 5.81. The van der Waals surface area contributed by atoms with E-state index in [4.69, 9.17) is 12.2 Å². The van der Waals surface area contributed by atoms with Crippen molar-refractivity contribution < 1.29 is 4.79 Å². The standard InChI is InChI=1S/C17H23N3O/c1-6-8-14(12-17(4,5)13(3)21)11-15(7-2)20-10-9-16(18)19-20/h1,7,9-11H,8,12H2,2-5H3,(H2,18,19)/b14-11+,15-7+. The van der Waals surface area contributed by atoms with E-state index in [-0.39, 0.29) is 5.78 Å². The molecule has 0 fully saturated rings. The van der Waals surface area contributed by atoms with Crippen LogP contribution < -0.4 is 5.73 Å². The summed E-state index contributed by atoms with van der Waals surface area (Å²) >= 11 is 0. The number of carbonyl (C=O) groups is 1. The van der Waals surface area contributed by atoms with Gasteiger partial charge < -0.3 is 5.73 Å². The molecule has 2 N–H and O–H groups in total. The van der Waals surface area contributed by atoms with Crippen LogP contribution in [0.3, 0.4) is 0 Å². The number of carbonyl (C=O) groups excluding carboxylic acids is 1. The highest BCUT2D eigenvalue weighted by atomic mass is 16.1. The first-order valence-electron chi connectivity index (χ1n) is 6.92. The van der Waals surface area contributed by atoms with Crippen LogP contribution in [0.25, 0.3) is 5.70 Å². The van der Waals surface area contributed by atoms with Gasteiger partial charge in [-0.05, 0) is 26.3 Å². The molecule has 0 spiro atoms. The third-order valence-electron chi connectivity index (χ3n) is 3.47. The first-order chi connectivity index (χ1) is 9.80. The number of Topliss-reactive ketones (excluding diaryl/α,β-unsaturated/α-hetero) is 1. The van der Waals surface area contributed by atoms with Crippen molar-refractivity contribution >= 4 is 17.3 Å². The number of nitrogens with zero attached hydrogens (tertiary/aromatic N) is 2. The Hall–Kier alpha value is -2.28. The van der Waals surface area contributed by atoms with Gasteiger partial charge in [-0.2, -0.15) is 5.10 Å². The Bertz CT molecular complexity index is 612. The predicted octanol–water partition coefficient (Wildman–Crippen LogP) is 3.28. The summed E-state index contributed by atoms with van der Waals surface area (Å²) < 4.78 is 1.70. The van der Waals surface area contributed by atoms with Gasteiger partial charge >= 0.3 is 0 Å². The zero-order valence-electron chi connectivity index (χ0n) is 13.2. The van der Waals surface area contributed by atoms with Crippen molar-refractivity contribution in [2.75, 3.05) is 5.73 Å². The Kier molecular flexibility index (Phi) is 5.54. The number of allylic oxidation sites excluding steroid dienone is 4. The van der Waals surface area contributed by atoms with Gasteiger partial charge in [0.05, 0.1) is 5.70 Å². The Morgan fingerprint density at radius 3 is 2.67 bits per heavy atom. The lowest BCUT2D eigenvalue weighted by atomic mass is 9.81. The Labute approximate surface area is 126 Å². The zero-order chi connectivity index (χ0) is 16.0. The topological polar surface area (TPSA) is 60.9 Å². The average Bonchev–Trinajstić information content (AvgIpc) is 2.82. The summed E-state index contributed by atoms with van der Waals surface area (Å²) in [6.07, 6.45) is 12.3. The molecule has 0 amide bonds. The van der Waals surface area contributed by atoms with Crippen LogP contribution in [0.4, 0.5) is 5.82 Å². The molecule has 0 unspecified atom stereocenters. The molecule has 4 heteroatoms. The fourth-order valence-corrected chi connectivity index (χ4v) is 1.96. The summed E-state index contributed by atoms with van der Waals surface area (Å²) in [5, 5.41) is 4.19. The summed E-state index contributed by atoms with van der Waals surface area (Å²) in [7, 11) is 0.